The molecule has 2 aromatic rings. The van der Waals surface area contributed by atoms with Crippen LogP contribution >= 0.6 is 27.3 Å². The van der Waals surface area contributed by atoms with Gasteiger partial charge in [0.15, 0.2) is 0 Å². The number of carbonyl (C=O) groups is 2. The lowest BCUT2D eigenvalue weighted by Crippen LogP contribution is -2.31. The van der Waals surface area contributed by atoms with Gasteiger partial charge in [-0.2, -0.15) is 0 Å². The number of amides is 1. The monoisotopic (exact) mass is 353 g/mol. The maximum Gasteiger partial charge on any atom is 0.312 e. The molecule has 0 saturated heterocycles. The molecule has 0 bridgehead atoms. The van der Waals surface area contributed by atoms with E-state index in [1.807, 2.05) is 6.07 Å². The minimum Gasteiger partial charge on any atom is -0.481 e. The van der Waals surface area contributed by atoms with Crippen molar-refractivity contribution in [2.24, 2.45) is 0 Å². The van der Waals surface area contributed by atoms with Crippen molar-refractivity contribution in [3.8, 4) is 0 Å². The van der Waals surface area contributed by atoms with Gasteiger partial charge in [0.05, 0.1) is 15.3 Å². The predicted molar refractivity (Wildman–Crippen MR) is 81.2 cm³/mol. The summed E-state index contributed by atoms with van der Waals surface area (Å²) in [6.45, 7) is 0.0612. The molecular formula is C14H12BrNO3S. The number of carboxylic acid groups (broad SMARTS) is 1. The van der Waals surface area contributed by atoms with Crippen molar-refractivity contribution in [2.45, 2.75) is 5.92 Å². The van der Waals surface area contributed by atoms with E-state index < -0.39 is 11.9 Å². The average Bonchev–Trinajstić information content (AvgIpc) is 2.86. The number of hydrogen-bond donors (Lipinski definition) is 2. The van der Waals surface area contributed by atoms with Crippen LogP contribution in [0.3, 0.4) is 0 Å². The Morgan fingerprint density at radius 3 is 2.55 bits per heavy atom. The number of hydrogen-bond acceptors (Lipinski definition) is 3. The quantitative estimate of drug-likeness (QED) is 0.867. The summed E-state index contributed by atoms with van der Waals surface area (Å²) in [6, 6.07) is 10.6. The van der Waals surface area contributed by atoms with Crippen LogP contribution in [-0.2, 0) is 4.79 Å². The number of benzene rings is 1. The molecule has 2 N–H and O–H groups in total. The van der Waals surface area contributed by atoms with E-state index >= 15 is 0 Å². The van der Waals surface area contributed by atoms with Crippen LogP contribution in [0.15, 0.2) is 45.6 Å². The van der Waals surface area contributed by atoms with Gasteiger partial charge in [0.1, 0.15) is 0 Å². The molecule has 2 rings (SSSR count). The van der Waals surface area contributed by atoms with Crippen LogP contribution in [-0.4, -0.2) is 23.5 Å². The third-order valence-electron chi connectivity index (χ3n) is 2.80. The zero-order chi connectivity index (χ0) is 14.5. The number of nitrogens with one attached hydrogen (secondary N) is 1. The second-order valence-corrected chi connectivity index (χ2v) is 6.44. The normalized spacial score (nSPS) is 11.8. The van der Waals surface area contributed by atoms with E-state index in [1.165, 1.54) is 11.3 Å². The Bertz CT molecular complexity index is 612. The van der Waals surface area contributed by atoms with Crippen molar-refractivity contribution >= 4 is 39.1 Å². The van der Waals surface area contributed by atoms with Gasteiger partial charge in [-0.05, 0) is 27.6 Å². The topological polar surface area (TPSA) is 66.4 Å². The van der Waals surface area contributed by atoms with Crippen LogP contribution in [0.2, 0.25) is 0 Å². The SMILES string of the molecule is O=C(NCC(C(=O)O)c1ccccc1)c1csc(Br)c1. The van der Waals surface area contributed by atoms with Gasteiger partial charge < -0.3 is 10.4 Å². The van der Waals surface area contributed by atoms with Gasteiger partial charge >= 0.3 is 5.97 Å². The van der Waals surface area contributed by atoms with Crippen molar-refractivity contribution in [3.63, 3.8) is 0 Å². The van der Waals surface area contributed by atoms with Gasteiger partial charge in [-0.3, -0.25) is 9.59 Å². The number of halogens is 1. The molecule has 0 radical (unpaired) electrons. The fourth-order valence-electron chi connectivity index (χ4n) is 1.76. The summed E-state index contributed by atoms with van der Waals surface area (Å²) in [4.78, 5) is 23.2. The molecule has 4 nitrogen and oxygen atoms in total. The molecule has 0 aliphatic heterocycles. The molecule has 1 amide bonds. The van der Waals surface area contributed by atoms with Gasteiger partial charge in [0, 0.05) is 11.9 Å². The zero-order valence-corrected chi connectivity index (χ0v) is 12.8. The van der Waals surface area contributed by atoms with E-state index in [1.54, 1.807) is 35.7 Å². The Hall–Kier alpha value is -1.66. The first-order chi connectivity index (χ1) is 9.58. The van der Waals surface area contributed by atoms with Crippen LogP contribution in [0.4, 0.5) is 0 Å². The molecule has 0 aliphatic rings. The van der Waals surface area contributed by atoms with Gasteiger partial charge in [0.25, 0.3) is 5.91 Å². The summed E-state index contributed by atoms with van der Waals surface area (Å²) in [7, 11) is 0. The maximum absolute atomic E-state index is 11.9. The summed E-state index contributed by atoms with van der Waals surface area (Å²) in [6.07, 6.45) is 0. The lowest BCUT2D eigenvalue weighted by molar-refractivity contribution is -0.138. The second kappa shape index (κ2) is 6.67. The Morgan fingerprint density at radius 2 is 2.00 bits per heavy atom. The molecule has 0 fully saturated rings. The lowest BCUT2D eigenvalue weighted by atomic mass is 9.99. The molecule has 20 heavy (non-hydrogen) atoms. The molecule has 0 aliphatic carbocycles. The zero-order valence-electron chi connectivity index (χ0n) is 10.4. The van der Waals surface area contributed by atoms with E-state index in [0.29, 0.717) is 11.1 Å². The Labute approximate surface area is 128 Å². The molecule has 1 heterocycles. The Balaban J connectivity index is 2.03. The first kappa shape index (κ1) is 14.7. The molecule has 0 spiro atoms. The van der Waals surface area contributed by atoms with Crippen LogP contribution < -0.4 is 5.32 Å². The summed E-state index contributed by atoms with van der Waals surface area (Å²) in [5.41, 5.74) is 1.20. The largest absolute Gasteiger partial charge is 0.481 e. The van der Waals surface area contributed by atoms with Crippen molar-refractivity contribution in [1.29, 1.82) is 0 Å². The molecular weight excluding hydrogens is 342 g/mol. The van der Waals surface area contributed by atoms with Crippen LogP contribution in [0, 0.1) is 0 Å². The molecule has 1 aromatic heterocycles. The maximum atomic E-state index is 11.9. The second-order valence-electron chi connectivity index (χ2n) is 4.15. The van der Waals surface area contributed by atoms with E-state index in [2.05, 4.69) is 21.2 Å². The minimum atomic E-state index is -0.956. The van der Waals surface area contributed by atoms with E-state index in [0.717, 1.165) is 3.79 Å². The fourth-order valence-corrected chi connectivity index (χ4v) is 2.90. The summed E-state index contributed by atoms with van der Waals surface area (Å²) >= 11 is 4.69. The van der Waals surface area contributed by atoms with Crippen molar-refractivity contribution in [3.05, 3.63) is 56.7 Å². The van der Waals surface area contributed by atoms with E-state index in [4.69, 9.17) is 0 Å². The molecule has 1 atom stereocenters. The highest BCUT2D eigenvalue weighted by atomic mass is 79.9. The first-order valence-corrected chi connectivity index (χ1v) is 7.55. The van der Waals surface area contributed by atoms with Crippen molar-refractivity contribution in [1.82, 2.24) is 5.32 Å². The summed E-state index contributed by atoms with van der Waals surface area (Å²) in [5.74, 6) is -1.97. The molecule has 1 aromatic carbocycles. The Morgan fingerprint density at radius 1 is 1.30 bits per heavy atom. The minimum absolute atomic E-state index is 0.0612. The van der Waals surface area contributed by atoms with E-state index in [9.17, 15) is 14.7 Å². The molecule has 1 unspecified atom stereocenters. The average molecular weight is 354 g/mol. The third-order valence-corrected chi connectivity index (χ3v) is 4.30. The predicted octanol–water partition coefficient (Wildman–Crippen LogP) is 3.11. The van der Waals surface area contributed by atoms with Gasteiger partial charge in [-0.1, -0.05) is 30.3 Å². The van der Waals surface area contributed by atoms with Gasteiger partial charge in [-0.15, -0.1) is 11.3 Å². The Kier molecular flexibility index (Phi) is 4.92. The van der Waals surface area contributed by atoms with Gasteiger partial charge in [-0.25, -0.2) is 0 Å². The molecule has 6 heteroatoms. The van der Waals surface area contributed by atoms with Gasteiger partial charge in [0.2, 0.25) is 0 Å². The number of thiophene rings is 1. The van der Waals surface area contributed by atoms with Crippen LogP contribution in [0.1, 0.15) is 21.8 Å². The van der Waals surface area contributed by atoms with Crippen LogP contribution in [0.5, 0.6) is 0 Å². The highest BCUT2D eigenvalue weighted by molar-refractivity contribution is 9.11. The van der Waals surface area contributed by atoms with Crippen molar-refractivity contribution < 1.29 is 14.7 Å². The van der Waals surface area contributed by atoms with E-state index in [-0.39, 0.29) is 12.5 Å². The summed E-state index contributed by atoms with van der Waals surface area (Å²) < 4.78 is 0.862. The van der Waals surface area contributed by atoms with Crippen molar-refractivity contribution in [2.75, 3.05) is 6.54 Å². The number of rotatable bonds is 5. The highest BCUT2D eigenvalue weighted by Crippen LogP contribution is 2.21. The number of aliphatic carboxylic acids is 1. The summed E-state index contributed by atoms with van der Waals surface area (Å²) in [5, 5.41) is 13.6. The third kappa shape index (κ3) is 3.68. The highest BCUT2D eigenvalue weighted by Gasteiger charge is 2.20. The fraction of sp³-hybridized carbons (Fsp3) is 0.143. The lowest BCUT2D eigenvalue weighted by Gasteiger charge is -2.13. The standard InChI is InChI=1S/C14H12BrNO3S/c15-12-6-10(8-20-12)13(17)16-7-11(14(18)19)9-4-2-1-3-5-9/h1-6,8,11H,7H2,(H,16,17)(H,18,19). The smallest absolute Gasteiger partial charge is 0.312 e. The molecule has 0 saturated carbocycles. The number of carbonyl (C=O) groups excluding carboxylic acids is 1. The molecule has 104 valence electrons. The number of carboxylic acids is 1. The first-order valence-electron chi connectivity index (χ1n) is 5.88. The van der Waals surface area contributed by atoms with Crippen LogP contribution in [0.25, 0.3) is 0 Å².